The molecule has 0 spiro atoms. The summed E-state index contributed by atoms with van der Waals surface area (Å²) in [6.45, 7) is 4.26. The Morgan fingerprint density at radius 1 is 1.11 bits per heavy atom. The van der Waals surface area contributed by atoms with Crippen molar-refractivity contribution < 1.29 is 24.1 Å². The third-order valence-electron chi connectivity index (χ3n) is 4.65. The molecule has 6 nitrogen and oxygen atoms in total. The fourth-order valence-electron chi connectivity index (χ4n) is 3.12. The van der Waals surface area contributed by atoms with Gasteiger partial charge in [0.05, 0.1) is 32.3 Å². The predicted molar refractivity (Wildman–Crippen MR) is 105 cm³/mol. The molecule has 0 bridgehead atoms. The molecule has 1 saturated heterocycles. The van der Waals surface area contributed by atoms with Crippen molar-refractivity contribution in [3.8, 4) is 5.75 Å². The molecule has 1 unspecified atom stereocenters. The number of aliphatic carboxylic acids is 1. The zero-order chi connectivity index (χ0) is 19.6. The van der Waals surface area contributed by atoms with Gasteiger partial charge in [-0.05, 0) is 23.3 Å². The fraction of sp³-hybridized carbons (Fsp3) is 0.409. The van der Waals surface area contributed by atoms with Crippen LogP contribution in [0.3, 0.4) is 0 Å². The van der Waals surface area contributed by atoms with Gasteiger partial charge in [0.2, 0.25) is 0 Å². The number of hydrogen-bond acceptors (Lipinski definition) is 5. The number of carboxylic acid groups (broad SMARTS) is 1. The zero-order valence-corrected chi connectivity index (χ0v) is 16.0. The molecule has 1 heterocycles. The summed E-state index contributed by atoms with van der Waals surface area (Å²) in [5.74, 6) is 0.0305. The van der Waals surface area contributed by atoms with Crippen LogP contribution in [0.1, 0.15) is 23.7 Å². The highest BCUT2D eigenvalue weighted by atomic mass is 16.5. The predicted octanol–water partition coefficient (Wildman–Crippen LogP) is 3.13. The van der Waals surface area contributed by atoms with Gasteiger partial charge in [0.1, 0.15) is 12.4 Å². The quantitative estimate of drug-likeness (QED) is 0.634. The van der Waals surface area contributed by atoms with Gasteiger partial charge in [-0.25, -0.2) is 0 Å². The smallest absolute Gasteiger partial charge is 0.304 e. The maximum Gasteiger partial charge on any atom is 0.304 e. The second kappa shape index (κ2) is 10.8. The molecule has 0 radical (unpaired) electrons. The molecule has 2 aromatic rings. The molecule has 150 valence electrons. The van der Waals surface area contributed by atoms with Crippen molar-refractivity contribution in [2.45, 2.75) is 19.1 Å². The Labute approximate surface area is 165 Å². The van der Waals surface area contributed by atoms with E-state index in [0.717, 1.165) is 23.4 Å². The number of morpholine rings is 1. The van der Waals surface area contributed by atoms with Crippen LogP contribution in [-0.4, -0.2) is 55.4 Å². The molecule has 2 aromatic carbocycles. The van der Waals surface area contributed by atoms with Crippen LogP contribution in [-0.2, 0) is 20.9 Å². The lowest BCUT2D eigenvalue weighted by molar-refractivity contribution is -0.137. The van der Waals surface area contributed by atoms with E-state index < -0.39 is 5.97 Å². The number of benzene rings is 2. The van der Waals surface area contributed by atoms with E-state index in [1.54, 1.807) is 0 Å². The molecular weight excluding hydrogens is 358 g/mol. The third kappa shape index (κ3) is 6.64. The van der Waals surface area contributed by atoms with Gasteiger partial charge in [-0.1, -0.05) is 42.5 Å². The van der Waals surface area contributed by atoms with E-state index in [-0.39, 0.29) is 12.5 Å². The van der Waals surface area contributed by atoms with Crippen molar-refractivity contribution in [3.63, 3.8) is 0 Å². The summed E-state index contributed by atoms with van der Waals surface area (Å²) in [5, 5.41) is 8.84. The van der Waals surface area contributed by atoms with Crippen LogP contribution in [0.4, 0.5) is 0 Å². The Morgan fingerprint density at radius 2 is 1.89 bits per heavy atom. The Balaban J connectivity index is 1.38. The molecule has 0 aliphatic carbocycles. The zero-order valence-electron chi connectivity index (χ0n) is 16.0. The second-order valence-corrected chi connectivity index (χ2v) is 6.76. The van der Waals surface area contributed by atoms with E-state index in [1.807, 2.05) is 54.6 Å². The van der Waals surface area contributed by atoms with Gasteiger partial charge in [-0.2, -0.15) is 0 Å². The molecular formula is C22H27NO5. The molecule has 0 saturated carbocycles. The summed E-state index contributed by atoms with van der Waals surface area (Å²) in [4.78, 5) is 12.9. The van der Waals surface area contributed by atoms with Crippen LogP contribution in [0.2, 0.25) is 0 Å². The van der Waals surface area contributed by atoms with Crippen molar-refractivity contribution in [2.24, 2.45) is 0 Å². The lowest BCUT2D eigenvalue weighted by Gasteiger charge is -2.32. The van der Waals surface area contributed by atoms with Crippen LogP contribution in [0.15, 0.2) is 54.6 Å². The van der Waals surface area contributed by atoms with Gasteiger partial charge in [0, 0.05) is 19.6 Å². The number of hydrogen-bond donors (Lipinski definition) is 1. The normalized spacial score (nSPS) is 17.4. The maximum absolute atomic E-state index is 10.7. The first kappa shape index (κ1) is 20.3. The number of rotatable bonds is 10. The fourth-order valence-corrected chi connectivity index (χ4v) is 3.12. The van der Waals surface area contributed by atoms with Crippen molar-refractivity contribution in [2.75, 3.05) is 39.5 Å². The Hall–Kier alpha value is -2.41. The molecule has 1 N–H and O–H groups in total. The van der Waals surface area contributed by atoms with Crippen molar-refractivity contribution in [1.29, 1.82) is 0 Å². The van der Waals surface area contributed by atoms with Crippen molar-refractivity contribution in [1.82, 2.24) is 4.90 Å². The standard InChI is InChI=1S/C22H27NO5/c24-22(25)10-11-23-12-13-28-21(16-23)19-6-8-20(9-7-19)27-15-14-26-17-18-4-2-1-3-5-18/h1-9,21H,10-17H2,(H,24,25). The van der Waals surface area contributed by atoms with Crippen LogP contribution >= 0.6 is 0 Å². The van der Waals surface area contributed by atoms with E-state index in [4.69, 9.17) is 19.3 Å². The average Bonchev–Trinajstić information content (AvgIpc) is 2.73. The summed E-state index contributed by atoms with van der Waals surface area (Å²) < 4.78 is 17.2. The minimum Gasteiger partial charge on any atom is -0.491 e. The van der Waals surface area contributed by atoms with Crippen LogP contribution in [0, 0.1) is 0 Å². The summed E-state index contributed by atoms with van der Waals surface area (Å²) in [6.07, 6.45) is 0.122. The number of ether oxygens (including phenoxy) is 3. The SMILES string of the molecule is O=C(O)CCN1CCOC(c2ccc(OCCOCc3ccccc3)cc2)C1. The molecule has 3 rings (SSSR count). The van der Waals surface area contributed by atoms with Crippen molar-refractivity contribution in [3.05, 3.63) is 65.7 Å². The highest BCUT2D eigenvalue weighted by Gasteiger charge is 2.22. The number of carboxylic acids is 1. The van der Waals surface area contributed by atoms with Gasteiger partial charge in [0.25, 0.3) is 0 Å². The first-order valence-corrected chi connectivity index (χ1v) is 9.61. The first-order chi connectivity index (χ1) is 13.7. The summed E-state index contributed by atoms with van der Waals surface area (Å²) in [7, 11) is 0. The summed E-state index contributed by atoms with van der Waals surface area (Å²) >= 11 is 0. The van der Waals surface area contributed by atoms with E-state index in [9.17, 15) is 4.79 Å². The lowest BCUT2D eigenvalue weighted by Crippen LogP contribution is -2.39. The number of carbonyl (C=O) groups is 1. The molecule has 1 fully saturated rings. The average molecular weight is 385 g/mol. The molecule has 0 amide bonds. The van der Waals surface area contributed by atoms with E-state index in [1.165, 1.54) is 0 Å². The molecule has 1 aliphatic rings. The number of nitrogens with zero attached hydrogens (tertiary/aromatic N) is 1. The lowest BCUT2D eigenvalue weighted by atomic mass is 10.1. The van der Waals surface area contributed by atoms with Crippen LogP contribution < -0.4 is 4.74 Å². The van der Waals surface area contributed by atoms with E-state index in [2.05, 4.69) is 4.90 Å². The molecule has 1 aliphatic heterocycles. The minimum absolute atomic E-state index is 0.0363. The van der Waals surface area contributed by atoms with Gasteiger partial charge < -0.3 is 19.3 Å². The molecule has 28 heavy (non-hydrogen) atoms. The second-order valence-electron chi connectivity index (χ2n) is 6.76. The molecule has 6 heteroatoms. The largest absolute Gasteiger partial charge is 0.491 e. The maximum atomic E-state index is 10.7. The minimum atomic E-state index is -0.766. The summed E-state index contributed by atoms with van der Waals surface area (Å²) in [5.41, 5.74) is 2.23. The monoisotopic (exact) mass is 385 g/mol. The van der Waals surface area contributed by atoms with E-state index >= 15 is 0 Å². The van der Waals surface area contributed by atoms with Gasteiger partial charge in [-0.3, -0.25) is 9.69 Å². The van der Waals surface area contributed by atoms with Crippen LogP contribution in [0.5, 0.6) is 5.75 Å². The van der Waals surface area contributed by atoms with Crippen LogP contribution in [0.25, 0.3) is 0 Å². The Morgan fingerprint density at radius 3 is 2.64 bits per heavy atom. The topological polar surface area (TPSA) is 68.2 Å². The van der Waals surface area contributed by atoms with Crippen molar-refractivity contribution >= 4 is 5.97 Å². The Kier molecular flexibility index (Phi) is 7.84. The Bertz CT molecular complexity index is 719. The highest BCUT2D eigenvalue weighted by molar-refractivity contribution is 5.66. The van der Waals surface area contributed by atoms with Gasteiger partial charge >= 0.3 is 5.97 Å². The molecule has 1 atom stereocenters. The van der Waals surface area contributed by atoms with Gasteiger partial charge in [-0.15, -0.1) is 0 Å². The first-order valence-electron chi connectivity index (χ1n) is 9.61. The summed E-state index contributed by atoms with van der Waals surface area (Å²) in [6, 6.07) is 17.9. The third-order valence-corrected chi connectivity index (χ3v) is 4.65. The van der Waals surface area contributed by atoms with Gasteiger partial charge in [0.15, 0.2) is 0 Å². The molecule has 0 aromatic heterocycles. The van der Waals surface area contributed by atoms with E-state index in [0.29, 0.717) is 39.5 Å². The highest BCUT2D eigenvalue weighted by Crippen LogP contribution is 2.24.